The highest BCUT2D eigenvalue weighted by Gasteiger charge is 2.13. The van der Waals surface area contributed by atoms with Gasteiger partial charge in [0.25, 0.3) is 0 Å². The van der Waals surface area contributed by atoms with Crippen molar-refractivity contribution in [3.63, 3.8) is 0 Å². The monoisotopic (exact) mass is 201 g/mol. The van der Waals surface area contributed by atoms with Gasteiger partial charge in [-0.3, -0.25) is 0 Å². The van der Waals surface area contributed by atoms with Crippen molar-refractivity contribution < 1.29 is 4.74 Å². The van der Waals surface area contributed by atoms with E-state index in [1.165, 1.54) is 16.8 Å². The van der Waals surface area contributed by atoms with Crippen LogP contribution >= 0.6 is 0 Å². The van der Waals surface area contributed by atoms with Crippen molar-refractivity contribution in [1.29, 1.82) is 0 Å². The second-order valence-electron chi connectivity index (χ2n) is 4.09. The zero-order valence-corrected chi connectivity index (χ0v) is 8.78. The molecule has 1 aliphatic carbocycles. The Kier molecular flexibility index (Phi) is 2.22. The Morgan fingerprint density at radius 1 is 1.13 bits per heavy atom. The third-order valence-corrected chi connectivity index (χ3v) is 3.14. The average Bonchev–Trinajstić information content (AvgIpc) is 2.77. The van der Waals surface area contributed by atoms with E-state index in [4.69, 9.17) is 4.74 Å². The van der Waals surface area contributed by atoms with Crippen molar-refractivity contribution in [2.24, 2.45) is 0 Å². The minimum atomic E-state index is 0.856. The SMILES string of the molecule is C1=Cc2ccc(N3CCOCC3)cc2C1. The standard InChI is InChI=1S/C13H15NO/c1-2-11-4-5-13(10-12(11)3-1)14-6-8-15-9-7-14/h1-2,4-5,10H,3,6-9H2. The molecule has 1 saturated heterocycles. The lowest BCUT2D eigenvalue weighted by atomic mass is 10.1. The number of benzene rings is 1. The molecule has 1 heterocycles. The molecule has 2 aliphatic rings. The molecule has 78 valence electrons. The molecule has 3 rings (SSSR count). The topological polar surface area (TPSA) is 12.5 Å². The molecule has 2 nitrogen and oxygen atoms in total. The normalized spacial score (nSPS) is 19.3. The Morgan fingerprint density at radius 2 is 2.00 bits per heavy atom. The van der Waals surface area contributed by atoms with Gasteiger partial charge in [-0.1, -0.05) is 18.2 Å². The molecule has 1 aromatic rings. The third-order valence-electron chi connectivity index (χ3n) is 3.14. The molecule has 0 unspecified atom stereocenters. The molecule has 0 spiro atoms. The Bertz CT molecular complexity index is 392. The highest BCUT2D eigenvalue weighted by molar-refractivity contribution is 5.64. The molecular weight excluding hydrogens is 186 g/mol. The van der Waals surface area contributed by atoms with Gasteiger partial charge < -0.3 is 9.64 Å². The molecule has 2 heteroatoms. The molecule has 0 amide bonds. The van der Waals surface area contributed by atoms with Crippen LogP contribution in [0.25, 0.3) is 6.08 Å². The molecule has 0 atom stereocenters. The van der Waals surface area contributed by atoms with Gasteiger partial charge in [-0.05, 0) is 29.7 Å². The number of rotatable bonds is 1. The number of ether oxygens (including phenoxy) is 1. The second kappa shape index (κ2) is 3.70. The van der Waals surface area contributed by atoms with E-state index < -0.39 is 0 Å². The number of fused-ring (bicyclic) bond motifs is 1. The van der Waals surface area contributed by atoms with Gasteiger partial charge in [0.1, 0.15) is 0 Å². The summed E-state index contributed by atoms with van der Waals surface area (Å²) in [6.07, 6.45) is 5.53. The van der Waals surface area contributed by atoms with Gasteiger partial charge in [0.15, 0.2) is 0 Å². The molecule has 1 fully saturated rings. The van der Waals surface area contributed by atoms with Crippen molar-refractivity contribution >= 4 is 11.8 Å². The Hall–Kier alpha value is -1.28. The number of anilines is 1. The maximum Gasteiger partial charge on any atom is 0.0642 e. The summed E-state index contributed by atoms with van der Waals surface area (Å²) in [6, 6.07) is 6.77. The number of allylic oxidation sites excluding steroid dienone is 1. The minimum Gasteiger partial charge on any atom is -0.378 e. The molecule has 0 bridgehead atoms. The Labute approximate surface area is 90.2 Å². The number of hydrogen-bond donors (Lipinski definition) is 0. The lowest BCUT2D eigenvalue weighted by Gasteiger charge is -2.29. The van der Waals surface area contributed by atoms with Crippen molar-refractivity contribution in [3.8, 4) is 0 Å². The zero-order valence-electron chi connectivity index (χ0n) is 8.78. The highest BCUT2D eigenvalue weighted by atomic mass is 16.5. The summed E-state index contributed by atoms with van der Waals surface area (Å²) in [4.78, 5) is 2.40. The van der Waals surface area contributed by atoms with Crippen LogP contribution < -0.4 is 4.90 Å². The first-order valence-electron chi connectivity index (χ1n) is 5.56. The van der Waals surface area contributed by atoms with Crippen molar-refractivity contribution in [2.45, 2.75) is 6.42 Å². The predicted octanol–water partition coefficient (Wildman–Crippen LogP) is 2.09. The molecule has 15 heavy (non-hydrogen) atoms. The van der Waals surface area contributed by atoms with Crippen LogP contribution in [0.1, 0.15) is 11.1 Å². The first-order valence-corrected chi connectivity index (χ1v) is 5.56. The zero-order chi connectivity index (χ0) is 10.1. The van der Waals surface area contributed by atoms with E-state index in [2.05, 4.69) is 35.3 Å². The van der Waals surface area contributed by atoms with Gasteiger partial charge in [-0.25, -0.2) is 0 Å². The van der Waals surface area contributed by atoms with Crippen LogP contribution in [0.3, 0.4) is 0 Å². The number of nitrogens with zero attached hydrogens (tertiary/aromatic N) is 1. The van der Waals surface area contributed by atoms with Crippen molar-refractivity contribution in [3.05, 3.63) is 35.4 Å². The first kappa shape index (κ1) is 8.98. The Morgan fingerprint density at radius 3 is 2.87 bits per heavy atom. The fourth-order valence-corrected chi connectivity index (χ4v) is 2.26. The van der Waals surface area contributed by atoms with E-state index in [9.17, 15) is 0 Å². The van der Waals surface area contributed by atoms with Gasteiger partial charge in [0, 0.05) is 18.8 Å². The van der Waals surface area contributed by atoms with Crippen LogP contribution in [0.2, 0.25) is 0 Å². The van der Waals surface area contributed by atoms with Gasteiger partial charge >= 0.3 is 0 Å². The molecule has 0 N–H and O–H groups in total. The maximum atomic E-state index is 5.36. The molecule has 0 radical (unpaired) electrons. The predicted molar refractivity (Wildman–Crippen MR) is 62.2 cm³/mol. The minimum absolute atomic E-state index is 0.856. The summed E-state index contributed by atoms with van der Waals surface area (Å²) in [6.45, 7) is 3.75. The lowest BCUT2D eigenvalue weighted by molar-refractivity contribution is 0.122. The van der Waals surface area contributed by atoms with E-state index in [1.807, 2.05) is 0 Å². The first-order chi connectivity index (χ1) is 7.43. The average molecular weight is 201 g/mol. The lowest BCUT2D eigenvalue weighted by Crippen LogP contribution is -2.36. The van der Waals surface area contributed by atoms with E-state index >= 15 is 0 Å². The maximum absolute atomic E-state index is 5.36. The second-order valence-corrected chi connectivity index (χ2v) is 4.09. The summed E-state index contributed by atoms with van der Waals surface area (Å²) in [5.41, 5.74) is 4.19. The largest absolute Gasteiger partial charge is 0.378 e. The van der Waals surface area contributed by atoms with Crippen LogP contribution in [0, 0.1) is 0 Å². The van der Waals surface area contributed by atoms with Crippen LogP contribution in [-0.2, 0) is 11.2 Å². The molecule has 0 aromatic heterocycles. The van der Waals surface area contributed by atoms with Crippen LogP contribution in [0.5, 0.6) is 0 Å². The quantitative estimate of drug-likeness (QED) is 0.690. The third kappa shape index (κ3) is 1.65. The van der Waals surface area contributed by atoms with Gasteiger partial charge in [-0.15, -0.1) is 0 Å². The van der Waals surface area contributed by atoms with Crippen LogP contribution in [0.4, 0.5) is 5.69 Å². The van der Waals surface area contributed by atoms with E-state index in [1.54, 1.807) is 0 Å². The van der Waals surface area contributed by atoms with E-state index in [-0.39, 0.29) is 0 Å². The summed E-state index contributed by atoms with van der Waals surface area (Å²) < 4.78 is 5.36. The summed E-state index contributed by atoms with van der Waals surface area (Å²) >= 11 is 0. The summed E-state index contributed by atoms with van der Waals surface area (Å²) in [7, 11) is 0. The number of hydrogen-bond acceptors (Lipinski definition) is 2. The van der Waals surface area contributed by atoms with Gasteiger partial charge in [0.2, 0.25) is 0 Å². The number of morpholine rings is 1. The highest BCUT2D eigenvalue weighted by Crippen LogP contribution is 2.25. The fraction of sp³-hybridized carbons (Fsp3) is 0.385. The summed E-state index contributed by atoms with van der Waals surface area (Å²) in [5, 5.41) is 0. The molecular formula is C13H15NO. The molecule has 0 saturated carbocycles. The molecule has 1 aliphatic heterocycles. The van der Waals surface area contributed by atoms with Crippen LogP contribution in [-0.4, -0.2) is 26.3 Å². The smallest absolute Gasteiger partial charge is 0.0642 e. The fourth-order valence-electron chi connectivity index (χ4n) is 2.26. The van der Waals surface area contributed by atoms with Gasteiger partial charge in [-0.2, -0.15) is 0 Å². The van der Waals surface area contributed by atoms with Crippen LogP contribution in [0.15, 0.2) is 24.3 Å². The summed E-state index contributed by atoms with van der Waals surface area (Å²) in [5.74, 6) is 0. The molecule has 1 aromatic carbocycles. The van der Waals surface area contributed by atoms with Gasteiger partial charge in [0.05, 0.1) is 13.2 Å². The van der Waals surface area contributed by atoms with E-state index in [0.717, 1.165) is 32.7 Å². The van der Waals surface area contributed by atoms with Crippen molar-refractivity contribution in [2.75, 3.05) is 31.2 Å². The Balaban J connectivity index is 1.86. The van der Waals surface area contributed by atoms with Crippen molar-refractivity contribution in [1.82, 2.24) is 0 Å². The van der Waals surface area contributed by atoms with E-state index in [0.29, 0.717) is 0 Å².